The molecule has 0 fully saturated rings. The lowest BCUT2D eigenvalue weighted by Crippen LogP contribution is -2.07. The Kier molecular flexibility index (Phi) is 4.21. The fourth-order valence-corrected chi connectivity index (χ4v) is 2.52. The second-order valence-corrected chi connectivity index (χ2v) is 4.76. The zero-order valence-electron chi connectivity index (χ0n) is 10.4. The van der Waals surface area contributed by atoms with Crippen molar-refractivity contribution in [2.45, 2.75) is 11.8 Å². The number of hydrogen-bond donors (Lipinski definition) is 1. The first-order chi connectivity index (χ1) is 9.13. The standard InChI is InChI=1S/C13H13FN2O2S/c1-2-18-11(17)7-19-13-9(14)6-10(15)8-4-3-5-16-12(8)13/h3-6H,2,7,15H2,1H3. The summed E-state index contributed by atoms with van der Waals surface area (Å²) in [7, 11) is 0. The number of pyridine rings is 1. The molecule has 0 radical (unpaired) electrons. The summed E-state index contributed by atoms with van der Waals surface area (Å²) in [6, 6.07) is 4.75. The van der Waals surface area contributed by atoms with Gasteiger partial charge in [0, 0.05) is 17.3 Å². The molecule has 0 saturated carbocycles. The Balaban J connectivity index is 2.34. The normalized spacial score (nSPS) is 10.6. The van der Waals surface area contributed by atoms with Crippen LogP contribution in [-0.2, 0) is 9.53 Å². The van der Waals surface area contributed by atoms with Crippen LogP contribution in [0.4, 0.5) is 10.1 Å². The quantitative estimate of drug-likeness (QED) is 0.530. The Hall–Kier alpha value is -1.82. The molecule has 2 rings (SSSR count). The molecule has 0 saturated heterocycles. The summed E-state index contributed by atoms with van der Waals surface area (Å²) >= 11 is 1.07. The smallest absolute Gasteiger partial charge is 0.316 e. The number of aromatic nitrogens is 1. The first-order valence-corrected chi connectivity index (χ1v) is 6.73. The highest BCUT2D eigenvalue weighted by atomic mass is 32.2. The minimum Gasteiger partial charge on any atom is -0.465 e. The zero-order valence-corrected chi connectivity index (χ0v) is 11.2. The van der Waals surface area contributed by atoms with Crippen molar-refractivity contribution in [3.63, 3.8) is 0 Å². The molecule has 0 unspecified atom stereocenters. The van der Waals surface area contributed by atoms with E-state index in [1.54, 1.807) is 25.3 Å². The van der Waals surface area contributed by atoms with Gasteiger partial charge in [-0.2, -0.15) is 0 Å². The van der Waals surface area contributed by atoms with Gasteiger partial charge in [-0.1, -0.05) is 0 Å². The lowest BCUT2D eigenvalue weighted by atomic mass is 10.2. The number of carbonyl (C=O) groups is 1. The Morgan fingerprint density at radius 2 is 2.37 bits per heavy atom. The fourth-order valence-electron chi connectivity index (χ4n) is 1.68. The minimum absolute atomic E-state index is 0.0420. The van der Waals surface area contributed by atoms with E-state index in [0.717, 1.165) is 11.8 Å². The number of nitrogens with two attached hydrogens (primary N) is 1. The summed E-state index contributed by atoms with van der Waals surface area (Å²) < 4.78 is 18.7. The number of thioether (sulfide) groups is 1. The van der Waals surface area contributed by atoms with Gasteiger partial charge in [0.1, 0.15) is 5.82 Å². The number of carbonyl (C=O) groups excluding carboxylic acids is 1. The van der Waals surface area contributed by atoms with Crippen LogP contribution >= 0.6 is 11.8 Å². The monoisotopic (exact) mass is 280 g/mol. The van der Waals surface area contributed by atoms with Gasteiger partial charge in [-0.3, -0.25) is 9.78 Å². The maximum Gasteiger partial charge on any atom is 0.316 e. The maximum atomic E-state index is 13.9. The molecule has 100 valence electrons. The third-order valence-corrected chi connectivity index (χ3v) is 3.53. The topological polar surface area (TPSA) is 65.2 Å². The molecule has 1 aromatic heterocycles. The minimum atomic E-state index is -0.474. The first kappa shape index (κ1) is 13.6. The summed E-state index contributed by atoms with van der Waals surface area (Å²) in [6.07, 6.45) is 1.57. The first-order valence-electron chi connectivity index (χ1n) is 5.74. The second-order valence-electron chi connectivity index (χ2n) is 3.77. The van der Waals surface area contributed by atoms with Gasteiger partial charge in [-0.05, 0) is 25.1 Å². The molecule has 0 aliphatic rings. The Bertz CT molecular complexity index is 619. The van der Waals surface area contributed by atoms with Crippen LogP contribution in [0.25, 0.3) is 10.9 Å². The SMILES string of the molecule is CCOC(=O)CSc1c(F)cc(N)c2cccnc12. The van der Waals surface area contributed by atoms with Crippen LogP contribution in [0.3, 0.4) is 0 Å². The average molecular weight is 280 g/mol. The van der Waals surface area contributed by atoms with Crippen LogP contribution in [0.1, 0.15) is 6.92 Å². The number of halogens is 1. The Labute approximate surface area is 114 Å². The molecule has 1 aromatic carbocycles. The van der Waals surface area contributed by atoms with E-state index in [0.29, 0.717) is 28.1 Å². The number of hydrogen-bond acceptors (Lipinski definition) is 5. The molecule has 1 heterocycles. The number of nitrogen functional groups attached to an aromatic ring is 1. The van der Waals surface area contributed by atoms with Crippen LogP contribution in [-0.4, -0.2) is 23.3 Å². The summed E-state index contributed by atoms with van der Waals surface area (Å²) in [4.78, 5) is 15.8. The summed E-state index contributed by atoms with van der Waals surface area (Å²) in [5, 5.41) is 0.676. The predicted octanol–water partition coefficient (Wildman–Crippen LogP) is 2.61. The van der Waals surface area contributed by atoms with Gasteiger partial charge < -0.3 is 10.5 Å². The van der Waals surface area contributed by atoms with Crippen LogP contribution in [0.2, 0.25) is 0 Å². The third-order valence-electron chi connectivity index (χ3n) is 2.47. The number of ether oxygens (including phenoxy) is 1. The van der Waals surface area contributed by atoms with Crippen LogP contribution in [0.5, 0.6) is 0 Å². The lowest BCUT2D eigenvalue weighted by Gasteiger charge is -2.08. The molecule has 19 heavy (non-hydrogen) atoms. The summed E-state index contributed by atoms with van der Waals surface area (Å²) in [5.74, 6) is -0.814. The molecule has 0 aliphatic carbocycles. The number of anilines is 1. The van der Waals surface area contributed by atoms with Gasteiger partial charge in [0.2, 0.25) is 0 Å². The molecule has 6 heteroatoms. The molecule has 0 aliphatic heterocycles. The number of nitrogens with zero attached hydrogens (tertiary/aromatic N) is 1. The van der Waals surface area contributed by atoms with E-state index >= 15 is 0 Å². The predicted molar refractivity (Wildman–Crippen MR) is 73.5 cm³/mol. The van der Waals surface area contributed by atoms with Gasteiger partial charge in [0.15, 0.2) is 0 Å². The Morgan fingerprint density at radius 3 is 3.11 bits per heavy atom. The molecule has 2 aromatic rings. The van der Waals surface area contributed by atoms with Crippen molar-refractivity contribution < 1.29 is 13.9 Å². The van der Waals surface area contributed by atoms with Gasteiger partial charge in [-0.15, -0.1) is 11.8 Å². The fraction of sp³-hybridized carbons (Fsp3) is 0.231. The highest BCUT2D eigenvalue weighted by Gasteiger charge is 2.14. The van der Waals surface area contributed by atoms with Crippen molar-refractivity contribution in [1.29, 1.82) is 0 Å². The number of fused-ring (bicyclic) bond motifs is 1. The maximum absolute atomic E-state index is 13.9. The zero-order chi connectivity index (χ0) is 13.8. The number of esters is 1. The Morgan fingerprint density at radius 1 is 1.58 bits per heavy atom. The van der Waals surface area contributed by atoms with E-state index in [1.165, 1.54) is 6.07 Å². The highest BCUT2D eigenvalue weighted by Crippen LogP contribution is 2.32. The summed E-state index contributed by atoms with van der Waals surface area (Å²) in [6.45, 7) is 2.03. The number of benzene rings is 1. The van der Waals surface area contributed by atoms with Crippen molar-refractivity contribution in [3.8, 4) is 0 Å². The van der Waals surface area contributed by atoms with Crippen molar-refractivity contribution in [2.75, 3.05) is 18.1 Å². The van der Waals surface area contributed by atoms with E-state index in [9.17, 15) is 9.18 Å². The van der Waals surface area contributed by atoms with Crippen LogP contribution in [0.15, 0.2) is 29.3 Å². The second kappa shape index (κ2) is 5.88. The van der Waals surface area contributed by atoms with Gasteiger partial charge in [0.05, 0.1) is 22.8 Å². The third kappa shape index (κ3) is 2.96. The van der Waals surface area contributed by atoms with Gasteiger partial charge in [0.25, 0.3) is 0 Å². The van der Waals surface area contributed by atoms with E-state index in [4.69, 9.17) is 10.5 Å². The average Bonchev–Trinajstić information content (AvgIpc) is 2.39. The van der Waals surface area contributed by atoms with Crippen molar-refractivity contribution >= 4 is 34.3 Å². The van der Waals surface area contributed by atoms with E-state index in [-0.39, 0.29) is 11.7 Å². The van der Waals surface area contributed by atoms with E-state index in [2.05, 4.69) is 4.98 Å². The van der Waals surface area contributed by atoms with E-state index in [1.807, 2.05) is 0 Å². The van der Waals surface area contributed by atoms with E-state index < -0.39 is 5.82 Å². The molecular formula is C13H13FN2O2S. The van der Waals surface area contributed by atoms with Gasteiger partial charge in [-0.25, -0.2) is 4.39 Å². The highest BCUT2D eigenvalue weighted by molar-refractivity contribution is 8.00. The van der Waals surface area contributed by atoms with Crippen LogP contribution < -0.4 is 5.73 Å². The number of rotatable bonds is 4. The van der Waals surface area contributed by atoms with Crippen molar-refractivity contribution in [2.24, 2.45) is 0 Å². The van der Waals surface area contributed by atoms with Gasteiger partial charge >= 0.3 is 5.97 Å². The molecule has 0 atom stereocenters. The van der Waals surface area contributed by atoms with Crippen molar-refractivity contribution in [1.82, 2.24) is 4.98 Å². The molecule has 0 amide bonds. The van der Waals surface area contributed by atoms with Crippen molar-refractivity contribution in [3.05, 3.63) is 30.2 Å². The lowest BCUT2D eigenvalue weighted by molar-refractivity contribution is -0.139. The largest absolute Gasteiger partial charge is 0.465 e. The molecule has 4 nitrogen and oxygen atoms in total. The molecule has 0 spiro atoms. The molecular weight excluding hydrogens is 267 g/mol. The molecule has 0 bridgehead atoms. The molecule has 2 N–H and O–H groups in total. The summed E-state index contributed by atoms with van der Waals surface area (Å²) in [5.41, 5.74) is 6.55. The van der Waals surface area contributed by atoms with Crippen LogP contribution in [0, 0.1) is 5.82 Å².